The van der Waals surface area contributed by atoms with Gasteiger partial charge in [-0.15, -0.1) is 0 Å². The summed E-state index contributed by atoms with van der Waals surface area (Å²) >= 11 is 5.48. The fraction of sp³-hybridized carbons (Fsp3) is 0.294. The van der Waals surface area contributed by atoms with Crippen LogP contribution in [0.25, 0.3) is 5.65 Å². The van der Waals surface area contributed by atoms with Crippen LogP contribution < -0.4 is 4.74 Å². The van der Waals surface area contributed by atoms with E-state index in [9.17, 15) is 0 Å². The van der Waals surface area contributed by atoms with E-state index < -0.39 is 0 Å². The van der Waals surface area contributed by atoms with Crippen LogP contribution in [0.3, 0.4) is 0 Å². The van der Waals surface area contributed by atoms with E-state index in [2.05, 4.69) is 29.2 Å². The third-order valence-electron chi connectivity index (χ3n) is 3.55. The molecule has 0 spiro atoms. The molecule has 0 N–H and O–H groups in total. The van der Waals surface area contributed by atoms with Crippen LogP contribution >= 0.6 is 12.2 Å². The third-order valence-corrected chi connectivity index (χ3v) is 3.96. The van der Waals surface area contributed by atoms with Crippen LogP contribution in [0.2, 0.25) is 0 Å². The number of rotatable bonds is 6. The molecule has 5 nitrogen and oxygen atoms in total. The summed E-state index contributed by atoms with van der Waals surface area (Å²) in [4.78, 5) is 2.18. The van der Waals surface area contributed by atoms with Gasteiger partial charge in [0.15, 0.2) is 5.65 Å². The maximum Gasteiger partial charge on any atom is 0.203 e. The van der Waals surface area contributed by atoms with Crippen LogP contribution in [-0.2, 0) is 13.2 Å². The number of pyridine rings is 1. The summed E-state index contributed by atoms with van der Waals surface area (Å²) in [5.74, 6) is 0.904. The van der Waals surface area contributed by atoms with Crippen molar-refractivity contribution in [3.05, 3.63) is 59.0 Å². The summed E-state index contributed by atoms with van der Waals surface area (Å²) in [6, 6.07) is 14.1. The smallest absolute Gasteiger partial charge is 0.203 e. The van der Waals surface area contributed by atoms with Gasteiger partial charge in [-0.25, -0.2) is 4.68 Å². The standard InChI is InChI=1S/C17H20N4OS/c1-3-22-15-9-7-14(8-10-15)12-19(2)13-21-17(23)20-11-5-4-6-16(20)18-21/h4-11H,3,12-13H2,1-2H3. The first-order chi connectivity index (χ1) is 11.2. The molecule has 2 aromatic heterocycles. The Morgan fingerprint density at radius 1 is 1.17 bits per heavy atom. The predicted molar refractivity (Wildman–Crippen MR) is 93.1 cm³/mol. The lowest BCUT2D eigenvalue weighted by atomic mass is 10.2. The van der Waals surface area contributed by atoms with Crippen LogP contribution in [0.4, 0.5) is 0 Å². The average Bonchev–Trinajstić information content (AvgIpc) is 2.86. The monoisotopic (exact) mass is 328 g/mol. The van der Waals surface area contributed by atoms with E-state index in [-0.39, 0.29) is 0 Å². The highest BCUT2D eigenvalue weighted by Crippen LogP contribution is 2.13. The quantitative estimate of drug-likeness (QED) is 0.650. The minimum Gasteiger partial charge on any atom is -0.494 e. The Morgan fingerprint density at radius 2 is 1.96 bits per heavy atom. The molecular formula is C17H20N4OS. The molecule has 0 unspecified atom stereocenters. The molecule has 6 heteroatoms. The molecule has 120 valence electrons. The van der Waals surface area contributed by atoms with Crippen LogP contribution in [0.1, 0.15) is 12.5 Å². The Bertz CT molecular complexity index is 838. The molecule has 23 heavy (non-hydrogen) atoms. The Kier molecular flexibility index (Phi) is 4.73. The fourth-order valence-corrected chi connectivity index (χ4v) is 2.76. The zero-order valence-electron chi connectivity index (χ0n) is 13.3. The molecule has 2 heterocycles. The maximum atomic E-state index is 5.48. The summed E-state index contributed by atoms with van der Waals surface area (Å²) in [6.07, 6.45) is 1.94. The van der Waals surface area contributed by atoms with E-state index in [1.807, 2.05) is 52.5 Å². The van der Waals surface area contributed by atoms with Crippen LogP contribution in [0.5, 0.6) is 5.75 Å². The number of ether oxygens (including phenoxy) is 1. The van der Waals surface area contributed by atoms with Crippen molar-refractivity contribution in [2.45, 2.75) is 20.1 Å². The van der Waals surface area contributed by atoms with Gasteiger partial charge in [0.2, 0.25) is 4.77 Å². The van der Waals surface area contributed by atoms with Gasteiger partial charge in [0.05, 0.1) is 13.3 Å². The van der Waals surface area contributed by atoms with E-state index in [1.54, 1.807) is 0 Å². The first-order valence-electron chi connectivity index (χ1n) is 7.62. The Hall–Kier alpha value is -2.18. The molecule has 0 fully saturated rings. The van der Waals surface area contributed by atoms with Gasteiger partial charge >= 0.3 is 0 Å². The highest BCUT2D eigenvalue weighted by Gasteiger charge is 2.06. The first kappa shape index (κ1) is 15.7. The average molecular weight is 328 g/mol. The molecule has 0 aliphatic rings. The summed E-state index contributed by atoms with van der Waals surface area (Å²) in [7, 11) is 2.06. The van der Waals surface area contributed by atoms with Gasteiger partial charge in [0.1, 0.15) is 5.75 Å². The van der Waals surface area contributed by atoms with Crippen molar-refractivity contribution in [1.29, 1.82) is 0 Å². The number of fused-ring (bicyclic) bond motifs is 1. The summed E-state index contributed by atoms with van der Waals surface area (Å²) in [5, 5.41) is 4.55. The van der Waals surface area contributed by atoms with Gasteiger partial charge in [0, 0.05) is 12.7 Å². The van der Waals surface area contributed by atoms with E-state index in [1.165, 1.54) is 5.56 Å². The topological polar surface area (TPSA) is 34.7 Å². The molecule has 0 radical (unpaired) electrons. The largest absolute Gasteiger partial charge is 0.494 e. The van der Waals surface area contributed by atoms with Crippen molar-refractivity contribution in [3.63, 3.8) is 0 Å². The molecule has 0 atom stereocenters. The van der Waals surface area contributed by atoms with Crippen LogP contribution in [-0.4, -0.2) is 32.7 Å². The third kappa shape index (κ3) is 3.60. The molecule has 0 saturated heterocycles. The number of hydrogen-bond donors (Lipinski definition) is 0. The van der Waals surface area contributed by atoms with Crippen LogP contribution in [0, 0.1) is 4.77 Å². The second kappa shape index (κ2) is 6.93. The van der Waals surface area contributed by atoms with Crippen molar-refractivity contribution in [2.24, 2.45) is 0 Å². The summed E-state index contributed by atoms with van der Waals surface area (Å²) in [5.41, 5.74) is 2.10. The SMILES string of the molecule is CCOc1ccc(CN(C)Cn2nc3ccccn3c2=S)cc1. The molecule has 0 aliphatic heterocycles. The highest BCUT2D eigenvalue weighted by atomic mass is 32.1. The lowest BCUT2D eigenvalue weighted by Gasteiger charge is -2.16. The predicted octanol–water partition coefficient (Wildman–Crippen LogP) is 3.35. The number of aromatic nitrogens is 3. The Labute approximate surface area is 140 Å². The molecule has 1 aromatic carbocycles. The van der Waals surface area contributed by atoms with E-state index >= 15 is 0 Å². The number of benzene rings is 1. The van der Waals surface area contributed by atoms with E-state index in [4.69, 9.17) is 17.0 Å². The van der Waals surface area contributed by atoms with Crippen molar-refractivity contribution >= 4 is 17.9 Å². The van der Waals surface area contributed by atoms with Crippen molar-refractivity contribution < 1.29 is 4.74 Å². The van der Waals surface area contributed by atoms with Crippen LogP contribution in [0.15, 0.2) is 48.7 Å². The second-order valence-corrected chi connectivity index (χ2v) is 5.81. The van der Waals surface area contributed by atoms with Crippen molar-refractivity contribution in [3.8, 4) is 5.75 Å². The number of hydrogen-bond acceptors (Lipinski definition) is 4. The number of nitrogens with zero attached hydrogens (tertiary/aromatic N) is 4. The first-order valence-corrected chi connectivity index (χ1v) is 8.02. The van der Waals surface area contributed by atoms with Gasteiger partial charge in [-0.1, -0.05) is 18.2 Å². The summed E-state index contributed by atoms with van der Waals surface area (Å²) < 4.78 is 9.94. The second-order valence-electron chi connectivity index (χ2n) is 5.44. The van der Waals surface area contributed by atoms with Gasteiger partial charge in [0.25, 0.3) is 0 Å². The fourth-order valence-electron chi connectivity index (χ4n) is 2.51. The minimum atomic E-state index is 0.647. The Balaban J connectivity index is 1.69. The molecule has 3 aromatic rings. The lowest BCUT2D eigenvalue weighted by molar-refractivity contribution is 0.244. The lowest BCUT2D eigenvalue weighted by Crippen LogP contribution is -2.22. The molecule has 0 aliphatic carbocycles. The van der Waals surface area contributed by atoms with E-state index in [0.29, 0.717) is 18.0 Å². The van der Waals surface area contributed by atoms with Crippen molar-refractivity contribution in [1.82, 2.24) is 19.1 Å². The van der Waals surface area contributed by atoms with Gasteiger partial charge < -0.3 is 4.74 Å². The minimum absolute atomic E-state index is 0.647. The Morgan fingerprint density at radius 3 is 2.65 bits per heavy atom. The van der Waals surface area contributed by atoms with E-state index in [0.717, 1.165) is 17.9 Å². The van der Waals surface area contributed by atoms with Gasteiger partial charge in [-0.05, 0) is 56.0 Å². The summed E-state index contributed by atoms with van der Waals surface area (Å²) in [6.45, 7) is 4.14. The molecule has 0 amide bonds. The highest BCUT2D eigenvalue weighted by molar-refractivity contribution is 7.71. The zero-order chi connectivity index (χ0) is 16.2. The van der Waals surface area contributed by atoms with Gasteiger partial charge in [-0.2, -0.15) is 5.10 Å². The molecule has 0 bridgehead atoms. The molecular weight excluding hydrogens is 308 g/mol. The molecule has 0 saturated carbocycles. The maximum absolute atomic E-state index is 5.48. The normalized spacial score (nSPS) is 11.3. The van der Waals surface area contributed by atoms with Gasteiger partial charge in [-0.3, -0.25) is 9.30 Å². The molecule has 3 rings (SSSR count). The van der Waals surface area contributed by atoms with Crippen molar-refractivity contribution in [2.75, 3.05) is 13.7 Å². The zero-order valence-corrected chi connectivity index (χ0v) is 14.2.